The van der Waals surface area contributed by atoms with E-state index in [1.54, 1.807) is 6.08 Å². The van der Waals surface area contributed by atoms with E-state index in [2.05, 4.69) is 55.6 Å². The lowest BCUT2D eigenvalue weighted by Crippen LogP contribution is -2.60. The summed E-state index contributed by atoms with van der Waals surface area (Å²) in [5, 5.41) is 54.5. The zero-order chi connectivity index (χ0) is 50.8. The first kappa shape index (κ1) is 66.2. The number of nitrogens with one attached hydrogen (secondary N) is 1. The van der Waals surface area contributed by atoms with Crippen molar-refractivity contribution >= 4 is 5.91 Å². The third-order valence-electron chi connectivity index (χ3n) is 14.1. The van der Waals surface area contributed by atoms with E-state index < -0.39 is 49.5 Å². The highest BCUT2D eigenvalue weighted by atomic mass is 16.7. The molecule has 0 aromatic rings. The number of aliphatic hydroxyl groups is 5. The molecule has 9 nitrogen and oxygen atoms in total. The number of rotatable bonds is 51. The fourth-order valence-electron chi connectivity index (χ4n) is 9.36. The van der Waals surface area contributed by atoms with E-state index >= 15 is 0 Å². The summed E-state index contributed by atoms with van der Waals surface area (Å²) in [4.78, 5) is 13.0. The lowest BCUT2D eigenvalue weighted by molar-refractivity contribution is -0.302. The summed E-state index contributed by atoms with van der Waals surface area (Å²) in [5.74, 6) is -0.191. The summed E-state index contributed by atoms with van der Waals surface area (Å²) in [7, 11) is 0. The van der Waals surface area contributed by atoms with E-state index in [0.717, 1.165) is 44.9 Å². The fourth-order valence-corrected chi connectivity index (χ4v) is 9.36. The minimum Gasteiger partial charge on any atom is -0.394 e. The maximum absolute atomic E-state index is 13.0. The van der Waals surface area contributed by atoms with Gasteiger partial charge >= 0.3 is 0 Å². The molecule has 7 unspecified atom stereocenters. The Balaban J connectivity index is 2.24. The number of hydrogen-bond donors (Lipinski definition) is 6. The molecule has 1 heterocycles. The molecular weight excluding hydrogens is 875 g/mol. The summed E-state index contributed by atoms with van der Waals surface area (Å²) in [6.07, 6.45) is 60.4. The molecule has 7 atom stereocenters. The fraction of sp³-hybridized carbons (Fsp3) is 0.852. The summed E-state index contributed by atoms with van der Waals surface area (Å²) in [6, 6.07) is -0.830. The lowest BCUT2D eigenvalue weighted by atomic mass is 9.99. The van der Waals surface area contributed by atoms with Gasteiger partial charge in [-0.3, -0.25) is 4.79 Å². The molecule has 0 aliphatic carbocycles. The Morgan fingerprint density at radius 2 is 0.814 bits per heavy atom. The van der Waals surface area contributed by atoms with Crippen molar-refractivity contribution < 1.29 is 39.8 Å². The summed E-state index contributed by atoms with van der Waals surface area (Å²) < 4.78 is 11.3. The predicted molar refractivity (Wildman–Crippen MR) is 295 cm³/mol. The highest BCUT2D eigenvalue weighted by Crippen LogP contribution is 2.23. The number of amides is 1. The van der Waals surface area contributed by atoms with Crippen LogP contribution >= 0.6 is 0 Å². The normalized spacial score (nSPS) is 19.7. The standard InChI is InChI=1S/C61H113NO8/c1-3-5-7-9-11-13-15-17-19-21-23-24-25-26-27-28-29-30-31-33-34-36-38-40-42-44-46-48-50-55(64)54(53-69-61-60(68)59(67)58(66)56(52-63)70-61)62-57(65)51-49-47-45-43-41-39-37-35-32-22-20-18-16-14-12-10-8-6-4-2/h18,20,33-34,40,42,48,50,54-56,58-61,63-64,66-68H,3-17,19,21-32,35-39,41,43-47,49,51-53H2,1-2H3,(H,62,65)/b20-18-,34-33+,42-40+,50-48+. The van der Waals surface area contributed by atoms with E-state index in [0.29, 0.717) is 6.42 Å². The number of aliphatic hydroxyl groups excluding tert-OH is 5. The molecule has 1 aliphatic heterocycles. The number of carbonyl (C=O) groups is 1. The van der Waals surface area contributed by atoms with E-state index in [4.69, 9.17) is 9.47 Å². The highest BCUT2D eigenvalue weighted by molar-refractivity contribution is 5.76. The third kappa shape index (κ3) is 39.7. The number of hydrogen-bond acceptors (Lipinski definition) is 8. The van der Waals surface area contributed by atoms with E-state index in [1.807, 2.05) is 6.08 Å². The van der Waals surface area contributed by atoms with Crippen molar-refractivity contribution in [1.82, 2.24) is 5.32 Å². The number of allylic oxidation sites excluding steroid dienone is 7. The Hall–Kier alpha value is -1.85. The molecule has 0 saturated carbocycles. The molecule has 0 spiro atoms. The largest absolute Gasteiger partial charge is 0.394 e. The Morgan fingerprint density at radius 3 is 1.20 bits per heavy atom. The first-order chi connectivity index (χ1) is 34.3. The summed E-state index contributed by atoms with van der Waals surface area (Å²) >= 11 is 0. The Labute approximate surface area is 431 Å². The van der Waals surface area contributed by atoms with Gasteiger partial charge in [-0.25, -0.2) is 0 Å². The van der Waals surface area contributed by atoms with E-state index in [9.17, 15) is 30.3 Å². The molecule has 0 aromatic carbocycles. The van der Waals surface area contributed by atoms with Crippen molar-refractivity contribution in [3.8, 4) is 0 Å². The lowest BCUT2D eigenvalue weighted by Gasteiger charge is -2.40. The van der Waals surface area contributed by atoms with Crippen LogP contribution in [0.15, 0.2) is 48.6 Å². The number of carbonyl (C=O) groups excluding carboxylic acids is 1. The van der Waals surface area contributed by atoms with Crippen LogP contribution in [0.3, 0.4) is 0 Å². The van der Waals surface area contributed by atoms with Crippen LogP contribution < -0.4 is 5.32 Å². The molecule has 1 aliphatic rings. The zero-order valence-electron chi connectivity index (χ0n) is 45.5. The Bertz CT molecular complexity index is 1240. The van der Waals surface area contributed by atoms with Crippen LogP contribution in [0.5, 0.6) is 0 Å². The smallest absolute Gasteiger partial charge is 0.220 e. The van der Waals surface area contributed by atoms with Crippen LogP contribution in [0.1, 0.15) is 277 Å². The molecular formula is C61H113NO8. The number of ether oxygens (including phenoxy) is 2. The molecule has 1 fully saturated rings. The van der Waals surface area contributed by atoms with E-state index in [1.165, 1.54) is 212 Å². The molecule has 70 heavy (non-hydrogen) atoms. The summed E-state index contributed by atoms with van der Waals surface area (Å²) in [5.41, 5.74) is 0. The molecule has 410 valence electrons. The predicted octanol–water partition coefficient (Wildman–Crippen LogP) is 14.9. The van der Waals surface area contributed by atoms with Gasteiger partial charge in [0.15, 0.2) is 6.29 Å². The third-order valence-corrected chi connectivity index (χ3v) is 14.1. The van der Waals surface area contributed by atoms with Gasteiger partial charge in [0.1, 0.15) is 24.4 Å². The number of unbranched alkanes of at least 4 members (excludes halogenated alkanes) is 35. The van der Waals surface area contributed by atoms with Crippen LogP contribution in [0.2, 0.25) is 0 Å². The second-order valence-electron chi connectivity index (χ2n) is 20.8. The maximum Gasteiger partial charge on any atom is 0.220 e. The summed E-state index contributed by atoms with van der Waals surface area (Å²) in [6.45, 7) is 3.78. The molecule has 9 heteroatoms. The first-order valence-electron chi connectivity index (χ1n) is 29.9. The zero-order valence-corrected chi connectivity index (χ0v) is 45.5. The van der Waals surface area contributed by atoms with Crippen molar-refractivity contribution in [2.75, 3.05) is 13.2 Å². The van der Waals surface area contributed by atoms with Gasteiger partial charge in [0, 0.05) is 6.42 Å². The van der Waals surface area contributed by atoms with Crippen molar-refractivity contribution in [2.24, 2.45) is 0 Å². The van der Waals surface area contributed by atoms with Gasteiger partial charge in [-0.2, -0.15) is 0 Å². The topological polar surface area (TPSA) is 149 Å². The van der Waals surface area contributed by atoms with Crippen molar-refractivity contribution in [1.29, 1.82) is 0 Å². The minimum absolute atomic E-state index is 0.191. The maximum atomic E-state index is 13.0. The Morgan fingerprint density at radius 1 is 0.471 bits per heavy atom. The van der Waals surface area contributed by atoms with Crippen LogP contribution in [0, 0.1) is 0 Å². The van der Waals surface area contributed by atoms with Crippen molar-refractivity contribution in [2.45, 2.75) is 320 Å². The average molecular weight is 989 g/mol. The second kappa shape index (κ2) is 50.7. The van der Waals surface area contributed by atoms with Crippen LogP contribution in [0.25, 0.3) is 0 Å². The van der Waals surface area contributed by atoms with E-state index in [-0.39, 0.29) is 12.5 Å². The van der Waals surface area contributed by atoms with Crippen molar-refractivity contribution in [3.63, 3.8) is 0 Å². The highest BCUT2D eigenvalue weighted by Gasteiger charge is 2.44. The van der Waals surface area contributed by atoms with Gasteiger partial charge in [-0.1, -0.05) is 249 Å². The van der Waals surface area contributed by atoms with Gasteiger partial charge in [0.25, 0.3) is 0 Å². The molecule has 1 rings (SSSR count). The van der Waals surface area contributed by atoms with Crippen LogP contribution in [-0.2, 0) is 14.3 Å². The van der Waals surface area contributed by atoms with Crippen LogP contribution in [-0.4, -0.2) is 87.5 Å². The van der Waals surface area contributed by atoms with Gasteiger partial charge in [-0.15, -0.1) is 0 Å². The van der Waals surface area contributed by atoms with Gasteiger partial charge in [0.2, 0.25) is 5.91 Å². The molecule has 0 bridgehead atoms. The molecule has 6 N–H and O–H groups in total. The monoisotopic (exact) mass is 988 g/mol. The van der Waals surface area contributed by atoms with Gasteiger partial charge in [-0.05, 0) is 70.6 Å². The molecule has 0 aromatic heterocycles. The molecule has 1 saturated heterocycles. The quantitative estimate of drug-likeness (QED) is 0.0261. The average Bonchev–Trinajstić information content (AvgIpc) is 3.36. The van der Waals surface area contributed by atoms with Crippen LogP contribution in [0.4, 0.5) is 0 Å². The molecule has 0 radical (unpaired) electrons. The SMILES string of the molecule is CCCCCCCC/C=C\CCCCCCCCCCCC(=O)NC(COC1OC(CO)C(O)C(O)C1O)C(O)/C=C/CC/C=C/CC/C=C/CCCCCCCCCCCCCCCCCCCC. The second-order valence-corrected chi connectivity index (χ2v) is 20.8. The van der Waals surface area contributed by atoms with Crippen molar-refractivity contribution in [3.05, 3.63) is 48.6 Å². The first-order valence-corrected chi connectivity index (χ1v) is 29.9. The van der Waals surface area contributed by atoms with Gasteiger partial charge in [0.05, 0.1) is 25.4 Å². The van der Waals surface area contributed by atoms with Gasteiger partial charge < -0.3 is 40.3 Å². The molecule has 1 amide bonds. The minimum atomic E-state index is -1.58. The Kier molecular flexibility index (Phi) is 47.9.